The van der Waals surface area contributed by atoms with E-state index in [1.807, 2.05) is 79.7 Å². The average Bonchev–Trinajstić information content (AvgIpc) is 2.91. The predicted molar refractivity (Wildman–Crippen MR) is 169 cm³/mol. The molecule has 0 unspecified atom stereocenters. The van der Waals surface area contributed by atoms with E-state index in [1.165, 1.54) is 0 Å². The minimum absolute atomic E-state index is 0.0929. The molecule has 216 valence electrons. The summed E-state index contributed by atoms with van der Waals surface area (Å²) in [5, 5.41) is 0. The first-order valence-electron chi connectivity index (χ1n) is 14.3. The van der Waals surface area contributed by atoms with Crippen LogP contribution in [0.1, 0.15) is 90.2 Å². The molecule has 0 aromatic heterocycles. The number of hydrogen-bond acceptors (Lipinski definition) is 5. The van der Waals surface area contributed by atoms with Crippen molar-refractivity contribution in [2.24, 2.45) is 0 Å². The number of rotatable bonds is 10. The highest BCUT2D eigenvalue weighted by molar-refractivity contribution is 7.34. The van der Waals surface area contributed by atoms with E-state index in [-0.39, 0.29) is 11.6 Å². The van der Waals surface area contributed by atoms with Gasteiger partial charge in [-0.05, 0) is 88.8 Å². The third-order valence-corrected chi connectivity index (χ3v) is 8.31. The Kier molecular flexibility index (Phi) is 9.43. The monoisotopic (exact) mass is 581 g/mol. The number of carbonyl (C=O) groups is 2. The van der Waals surface area contributed by atoms with Gasteiger partial charge in [-0.25, -0.2) is 9.05 Å². The van der Waals surface area contributed by atoms with Gasteiger partial charge >= 0.3 is 8.25 Å². The van der Waals surface area contributed by atoms with Crippen molar-refractivity contribution in [3.05, 3.63) is 127 Å². The highest BCUT2D eigenvalue weighted by atomic mass is 31.1. The fraction of sp³-hybridized carbons (Fsp3) is 0.278. The van der Waals surface area contributed by atoms with E-state index >= 15 is 0 Å². The van der Waals surface area contributed by atoms with Gasteiger partial charge in [0.2, 0.25) is 0 Å². The lowest BCUT2D eigenvalue weighted by atomic mass is 9.90. The molecule has 0 saturated heterocycles. The zero-order valence-electron chi connectivity index (χ0n) is 25.7. The van der Waals surface area contributed by atoms with Crippen molar-refractivity contribution in [1.82, 2.24) is 0 Å². The van der Waals surface area contributed by atoms with Crippen LogP contribution in [0, 0.1) is 41.5 Å². The van der Waals surface area contributed by atoms with Crippen LogP contribution in [0.25, 0.3) is 0 Å². The van der Waals surface area contributed by atoms with Gasteiger partial charge in [0.25, 0.3) is 0 Å². The molecule has 5 nitrogen and oxygen atoms in total. The molecular weight excluding hydrogens is 543 g/mol. The predicted octanol–water partition coefficient (Wildman–Crippen LogP) is 9.24. The van der Waals surface area contributed by atoms with E-state index in [0.29, 0.717) is 57.7 Å². The lowest BCUT2D eigenvalue weighted by Crippen LogP contribution is -2.11. The minimum Gasteiger partial charge on any atom is -0.289 e. The van der Waals surface area contributed by atoms with Crippen LogP contribution < -0.4 is 9.05 Å². The Bertz CT molecular complexity index is 1550. The maximum Gasteiger partial charge on any atom is 0.805 e. The summed E-state index contributed by atoms with van der Waals surface area (Å²) in [5.74, 6) is 0.486. The largest absolute Gasteiger partial charge is 0.805 e. The topological polar surface area (TPSA) is 69.7 Å². The fourth-order valence-corrected chi connectivity index (χ4v) is 6.68. The Hall–Kier alpha value is -4.08. The molecule has 4 aromatic rings. The maximum atomic E-state index is 13.7. The SMILES string of the molecule is CCc1c(O[P+](=O)Oc2cccc(C(=O)c3c(C)cc(C)cc3C)c2CC)cccc1C(=O)c1c(C)cc(C)cc1C. The van der Waals surface area contributed by atoms with Gasteiger partial charge in [0.05, 0.1) is 0 Å². The van der Waals surface area contributed by atoms with Gasteiger partial charge < -0.3 is 0 Å². The minimum atomic E-state index is -2.65. The fourth-order valence-electron chi connectivity index (χ4n) is 5.98. The Labute approximate surface area is 249 Å². The molecule has 0 aliphatic heterocycles. The highest BCUT2D eigenvalue weighted by Gasteiger charge is 2.30. The molecule has 0 aliphatic carbocycles. The number of hydrogen-bond donors (Lipinski definition) is 0. The molecule has 0 heterocycles. The smallest absolute Gasteiger partial charge is 0.289 e. The number of benzene rings is 4. The first kappa shape index (κ1) is 30.9. The summed E-state index contributed by atoms with van der Waals surface area (Å²) in [6, 6.07) is 18.4. The Morgan fingerprint density at radius 2 is 0.929 bits per heavy atom. The van der Waals surface area contributed by atoms with Gasteiger partial charge in [-0.1, -0.05) is 73.5 Å². The lowest BCUT2D eigenvalue weighted by Gasteiger charge is -2.14. The summed E-state index contributed by atoms with van der Waals surface area (Å²) in [4.78, 5) is 27.4. The molecule has 4 rings (SSSR count). The van der Waals surface area contributed by atoms with Crippen molar-refractivity contribution in [1.29, 1.82) is 0 Å². The first-order chi connectivity index (χ1) is 20.0. The Morgan fingerprint density at radius 3 is 1.24 bits per heavy atom. The van der Waals surface area contributed by atoms with Crippen molar-refractivity contribution in [2.75, 3.05) is 0 Å². The van der Waals surface area contributed by atoms with Gasteiger partial charge in [-0.2, -0.15) is 0 Å². The summed E-state index contributed by atoms with van der Waals surface area (Å²) in [6.07, 6.45) is 1.01. The van der Waals surface area contributed by atoms with E-state index in [0.717, 1.165) is 33.4 Å². The molecule has 0 spiro atoms. The third-order valence-electron chi connectivity index (χ3n) is 7.62. The second-order valence-electron chi connectivity index (χ2n) is 10.9. The zero-order chi connectivity index (χ0) is 30.7. The summed E-state index contributed by atoms with van der Waals surface area (Å²) >= 11 is 0. The molecule has 0 bridgehead atoms. The van der Waals surface area contributed by atoms with Crippen molar-refractivity contribution in [3.63, 3.8) is 0 Å². The van der Waals surface area contributed by atoms with Gasteiger partial charge in [-0.15, -0.1) is 0 Å². The quantitative estimate of drug-likeness (QED) is 0.138. The van der Waals surface area contributed by atoms with Crippen molar-refractivity contribution in [2.45, 2.75) is 68.2 Å². The molecule has 0 N–H and O–H groups in total. The normalized spacial score (nSPS) is 10.9. The second-order valence-corrected chi connectivity index (χ2v) is 11.7. The van der Waals surface area contributed by atoms with Gasteiger partial charge in [0.15, 0.2) is 23.1 Å². The van der Waals surface area contributed by atoms with Crippen LogP contribution in [0.4, 0.5) is 0 Å². The van der Waals surface area contributed by atoms with E-state index in [9.17, 15) is 14.2 Å². The van der Waals surface area contributed by atoms with E-state index in [1.54, 1.807) is 36.4 Å². The molecular formula is C36H38O5P+. The molecule has 0 radical (unpaired) electrons. The molecule has 0 aliphatic rings. The summed E-state index contributed by atoms with van der Waals surface area (Å²) in [5.41, 5.74) is 9.55. The summed E-state index contributed by atoms with van der Waals surface area (Å²) < 4.78 is 24.9. The Balaban J connectivity index is 1.64. The molecule has 0 fully saturated rings. The highest BCUT2D eigenvalue weighted by Crippen LogP contribution is 2.38. The van der Waals surface area contributed by atoms with Gasteiger partial charge in [0, 0.05) is 37.9 Å². The second kappa shape index (κ2) is 12.8. The molecule has 0 saturated carbocycles. The zero-order valence-corrected chi connectivity index (χ0v) is 26.6. The average molecular weight is 582 g/mol. The third kappa shape index (κ3) is 6.22. The standard InChI is InChI=1S/C36H38O5P/c1-9-27-29(35(37)33-23(5)17-21(3)18-24(33)6)13-11-15-31(27)40-42(39)41-32-16-12-14-30(28(32)10-2)36(38)34-25(7)19-22(4)20-26(34)8/h11-20H,9-10H2,1-8H3/q+1. The van der Waals surface area contributed by atoms with Gasteiger partial charge in [-0.3, -0.25) is 9.59 Å². The van der Waals surface area contributed by atoms with Crippen LogP contribution in [0.5, 0.6) is 11.5 Å². The molecule has 0 atom stereocenters. The number of ketones is 2. The van der Waals surface area contributed by atoms with Gasteiger partial charge in [0.1, 0.15) is 0 Å². The molecule has 0 amide bonds. The van der Waals surface area contributed by atoms with Crippen LogP contribution in [-0.4, -0.2) is 11.6 Å². The van der Waals surface area contributed by atoms with Crippen LogP contribution in [0.3, 0.4) is 0 Å². The molecule has 42 heavy (non-hydrogen) atoms. The van der Waals surface area contributed by atoms with Crippen molar-refractivity contribution >= 4 is 19.8 Å². The van der Waals surface area contributed by atoms with Crippen LogP contribution in [0.2, 0.25) is 0 Å². The maximum absolute atomic E-state index is 13.7. The van der Waals surface area contributed by atoms with Crippen LogP contribution >= 0.6 is 8.25 Å². The summed E-state index contributed by atoms with van der Waals surface area (Å²) in [6.45, 7) is 15.6. The van der Waals surface area contributed by atoms with Crippen molar-refractivity contribution < 1.29 is 23.2 Å². The molecule has 6 heteroatoms. The van der Waals surface area contributed by atoms with E-state index in [2.05, 4.69) is 0 Å². The molecule has 4 aromatic carbocycles. The van der Waals surface area contributed by atoms with Crippen LogP contribution in [-0.2, 0) is 17.4 Å². The Morgan fingerprint density at radius 1 is 0.595 bits per heavy atom. The lowest BCUT2D eigenvalue weighted by molar-refractivity contribution is 0.102. The van der Waals surface area contributed by atoms with E-state index in [4.69, 9.17) is 9.05 Å². The summed E-state index contributed by atoms with van der Waals surface area (Å²) in [7, 11) is -2.65. The van der Waals surface area contributed by atoms with Crippen LogP contribution in [0.15, 0.2) is 60.7 Å². The number of aryl methyl sites for hydroxylation is 6. The van der Waals surface area contributed by atoms with Crippen molar-refractivity contribution in [3.8, 4) is 11.5 Å². The first-order valence-corrected chi connectivity index (χ1v) is 15.4. The number of carbonyl (C=O) groups excluding carboxylic acids is 2. The van der Waals surface area contributed by atoms with E-state index < -0.39 is 8.25 Å².